The molecule has 0 atom stereocenters. The van der Waals surface area contributed by atoms with Crippen LogP contribution in [0.2, 0.25) is 0 Å². The van der Waals surface area contributed by atoms with Gasteiger partial charge in [0.25, 0.3) is 0 Å². The van der Waals surface area contributed by atoms with Gasteiger partial charge in [-0.05, 0) is 55.2 Å². The van der Waals surface area contributed by atoms with E-state index in [4.69, 9.17) is 0 Å². The Morgan fingerprint density at radius 3 is 2.44 bits per heavy atom. The molecule has 1 saturated carbocycles. The quantitative estimate of drug-likeness (QED) is 0.806. The van der Waals surface area contributed by atoms with Crippen LogP contribution in [-0.2, 0) is 6.42 Å². The van der Waals surface area contributed by atoms with E-state index >= 15 is 0 Å². The van der Waals surface area contributed by atoms with Gasteiger partial charge in [-0.1, -0.05) is 12.1 Å². The Labute approximate surface area is 96.1 Å². The van der Waals surface area contributed by atoms with Gasteiger partial charge in [-0.2, -0.15) is 0 Å². The van der Waals surface area contributed by atoms with Crippen molar-refractivity contribution < 1.29 is 4.39 Å². The first-order valence-electron chi connectivity index (χ1n) is 6.24. The molecular weight excluding hydrogens is 201 g/mol. The van der Waals surface area contributed by atoms with Gasteiger partial charge in [0.1, 0.15) is 5.82 Å². The molecule has 1 nitrogen and oxygen atoms in total. The van der Waals surface area contributed by atoms with Crippen molar-refractivity contribution in [2.75, 3.05) is 6.54 Å². The van der Waals surface area contributed by atoms with Crippen molar-refractivity contribution in [2.45, 2.75) is 38.1 Å². The number of hydrogen-bond acceptors (Lipinski definition) is 1. The second kappa shape index (κ2) is 3.85. The first kappa shape index (κ1) is 10.3. The lowest BCUT2D eigenvalue weighted by atomic mass is 9.66. The maximum Gasteiger partial charge on any atom is 0.123 e. The minimum absolute atomic E-state index is 0.133. The fraction of sp³-hybridized carbons (Fsp3) is 0.571. The molecule has 1 aromatic carbocycles. The lowest BCUT2D eigenvalue weighted by molar-refractivity contribution is 0.0962. The van der Waals surface area contributed by atoms with Crippen LogP contribution in [0.3, 0.4) is 0 Å². The maximum atomic E-state index is 12.8. The Kier molecular flexibility index (Phi) is 2.47. The van der Waals surface area contributed by atoms with Crippen molar-refractivity contribution >= 4 is 0 Å². The Morgan fingerprint density at radius 1 is 1.19 bits per heavy atom. The summed E-state index contributed by atoms with van der Waals surface area (Å²) in [4.78, 5) is 0. The monoisotopic (exact) mass is 219 g/mol. The van der Waals surface area contributed by atoms with Crippen molar-refractivity contribution in [1.82, 2.24) is 5.32 Å². The van der Waals surface area contributed by atoms with Crippen LogP contribution in [-0.4, -0.2) is 12.6 Å². The van der Waals surface area contributed by atoms with E-state index in [1.807, 2.05) is 12.1 Å². The molecule has 2 heterocycles. The van der Waals surface area contributed by atoms with Gasteiger partial charge in [-0.25, -0.2) is 4.39 Å². The molecule has 2 aliphatic heterocycles. The number of benzene rings is 1. The van der Waals surface area contributed by atoms with Crippen molar-refractivity contribution in [1.29, 1.82) is 0 Å². The van der Waals surface area contributed by atoms with Gasteiger partial charge < -0.3 is 5.32 Å². The largest absolute Gasteiger partial charge is 0.313 e. The zero-order valence-electron chi connectivity index (χ0n) is 9.51. The van der Waals surface area contributed by atoms with E-state index in [9.17, 15) is 4.39 Å². The number of piperidine rings is 2. The van der Waals surface area contributed by atoms with E-state index in [0.717, 1.165) is 19.0 Å². The Morgan fingerprint density at radius 2 is 1.88 bits per heavy atom. The van der Waals surface area contributed by atoms with Crippen LogP contribution >= 0.6 is 0 Å². The highest BCUT2D eigenvalue weighted by Crippen LogP contribution is 2.42. The third-order valence-electron chi connectivity index (χ3n) is 4.30. The molecule has 4 rings (SSSR count). The first-order valence-corrected chi connectivity index (χ1v) is 6.24. The zero-order chi connectivity index (χ0) is 11.0. The van der Waals surface area contributed by atoms with E-state index in [0.29, 0.717) is 5.41 Å². The molecular formula is C14H18FN. The van der Waals surface area contributed by atoms with E-state index in [1.165, 1.54) is 31.2 Å². The molecule has 86 valence electrons. The highest BCUT2D eigenvalue weighted by Gasteiger charge is 2.39. The van der Waals surface area contributed by atoms with E-state index in [-0.39, 0.29) is 5.82 Å². The molecule has 2 heteroatoms. The molecule has 3 aliphatic rings. The van der Waals surface area contributed by atoms with Gasteiger partial charge in [0.05, 0.1) is 0 Å². The third-order valence-corrected chi connectivity index (χ3v) is 4.30. The van der Waals surface area contributed by atoms with Crippen LogP contribution in [0.1, 0.15) is 31.2 Å². The smallest absolute Gasteiger partial charge is 0.123 e. The van der Waals surface area contributed by atoms with E-state index in [2.05, 4.69) is 5.32 Å². The Balaban J connectivity index is 1.75. The highest BCUT2D eigenvalue weighted by atomic mass is 19.1. The van der Waals surface area contributed by atoms with Crippen LogP contribution in [0.25, 0.3) is 0 Å². The molecule has 3 fully saturated rings. The van der Waals surface area contributed by atoms with Crippen molar-refractivity contribution in [2.24, 2.45) is 5.41 Å². The van der Waals surface area contributed by atoms with Crippen molar-refractivity contribution in [3.63, 3.8) is 0 Å². The summed E-state index contributed by atoms with van der Waals surface area (Å²) >= 11 is 0. The minimum Gasteiger partial charge on any atom is -0.313 e. The zero-order valence-corrected chi connectivity index (χ0v) is 9.51. The van der Waals surface area contributed by atoms with Crippen LogP contribution in [0.15, 0.2) is 24.3 Å². The average Bonchev–Trinajstić information content (AvgIpc) is 2.34. The van der Waals surface area contributed by atoms with E-state index in [1.54, 1.807) is 12.1 Å². The van der Waals surface area contributed by atoms with Gasteiger partial charge in [0, 0.05) is 12.6 Å². The number of fused-ring (bicyclic) bond motifs is 3. The average molecular weight is 219 g/mol. The Hall–Kier alpha value is -0.890. The molecule has 2 bridgehead atoms. The fourth-order valence-corrected chi connectivity index (χ4v) is 3.25. The summed E-state index contributed by atoms with van der Waals surface area (Å²) in [5.74, 6) is -0.133. The van der Waals surface area contributed by atoms with Gasteiger partial charge in [0.2, 0.25) is 0 Å². The van der Waals surface area contributed by atoms with Gasteiger partial charge in [-0.15, -0.1) is 0 Å². The molecule has 1 aromatic rings. The predicted molar refractivity (Wildman–Crippen MR) is 62.8 cm³/mol. The lowest BCUT2D eigenvalue weighted by Gasteiger charge is -2.47. The number of nitrogens with one attached hydrogen (secondary N) is 1. The summed E-state index contributed by atoms with van der Waals surface area (Å²) in [6.45, 7) is 1.15. The van der Waals surface area contributed by atoms with Crippen molar-refractivity contribution in [3.05, 3.63) is 35.6 Å². The van der Waals surface area contributed by atoms with Crippen LogP contribution in [0.5, 0.6) is 0 Å². The minimum atomic E-state index is -0.133. The predicted octanol–water partition coefficient (Wildman–Crippen LogP) is 2.90. The second-order valence-electron chi connectivity index (χ2n) is 5.46. The summed E-state index contributed by atoms with van der Waals surface area (Å²) in [7, 11) is 0. The normalized spacial score (nSPS) is 32.9. The van der Waals surface area contributed by atoms with Gasteiger partial charge >= 0.3 is 0 Å². The summed E-state index contributed by atoms with van der Waals surface area (Å²) in [6.07, 6.45) is 6.42. The van der Waals surface area contributed by atoms with Crippen molar-refractivity contribution in [3.8, 4) is 0 Å². The number of halogens is 1. The molecule has 0 unspecified atom stereocenters. The molecule has 16 heavy (non-hydrogen) atoms. The molecule has 0 amide bonds. The van der Waals surface area contributed by atoms with Gasteiger partial charge in [-0.3, -0.25) is 0 Å². The summed E-state index contributed by atoms with van der Waals surface area (Å²) in [5.41, 5.74) is 1.73. The van der Waals surface area contributed by atoms with Gasteiger partial charge in [0.15, 0.2) is 0 Å². The highest BCUT2D eigenvalue weighted by molar-refractivity contribution is 5.19. The molecule has 2 saturated heterocycles. The SMILES string of the molecule is Fc1ccc(CC23CCC(CC2)NC3)cc1. The van der Waals surface area contributed by atoms with Crippen LogP contribution in [0.4, 0.5) is 4.39 Å². The maximum absolute atomic E-state index is 12.8. The third kappa shape index (κ3) is 1.86. The second-order valence-corrected chi connectivity index (χ2v) is 5.46. The lowest BCUT2D eigenvalue weighted by Crippen LogP contribution is -2.52. The molecule has 0 aromatic heterocycles. The summed E-state index contributed by atoms with van der Waals surface area (Å²) in [6, 6.07) is 7.80. The van der Waals surface area contributed by atoms with Crippen LogP contribution in [0, 0.1) is 11.2 Å². The fourth-order valence-electron chi connectivity index (χ4n) is 3.25. The molecule has 0 radical (unpaired) electrons. The summed E-state index contributed by atoms with van der Waals surface area (Å²) in [5, 5.41) is 3.62. The molecule has 1 aliphatic carbocycles. The first-order chi connectivity index (χ1) is 7.76. The number of rotatable bonds is 2. The topological polar surface area (TPSA) is 12.0 Å². The molecule has 1 N–H and O–H groups in total. The summed E-state index contributed by atoms with van der Waals surface area (Å²) < 4.78 is 12.8. The standard InChI is InChI=1S/C14H18FN/c15-12-3-1-11(2-4-12)9-14-7-5-13(6-8-14)16-10-14/h1-4,13,16H,5-10H2. The van der Waals surface area contributed by atoms with Crippen LogP contribution < -0.4 is 5.32 Å². The van der Waals surface area contributed by atoms with E-state index < -0.39 is 0 Å². The molecule has 0 spiro atoms. The Bertz CT molecular complexity index is 349. The number of hydrogen-bond donors (Lipinski definition) is 1.